The average Bonchev–Trinajstić information content (AvgIpc) is 2.72. The van der Waals surface area contributed by atoms with Gasteiger partial charge in [0.05, 0.1) is 11.3 Å². The van der Waals surface area contributed by atoms with Crippen LogP contribution >= 0.6 is 0 Å². The summed E-state index contributed by atoms with van der Waals surface area (Å²) >= 11 is 0. The Kier molecular flexibility index (Phi) is 6.55. The number of ether oxygens (including phenoxy) is 1. The van der Waals surface area contributed by atoms with Crippen molar-refractivity contribution in [2.75, 3.05) is 11.9 Å². The Balaban J connectivity index is 1.76. The van der Waals surface area contributed by atoms with Crippen LogP contribution in [0, 0.1) is 6.92 Å². The van der Waals surface area contributed by atoms with E-state index in [0.717, 1.165) is 16.5 Å². The lowest BCUT2D eigenvalue weighted by Crippen LogP contribution is -2.19. The topological polar surface area (TPSA) is 112 Å². The van der Waals surface area contributed by atoms with Crippen LogP contribution in [0.5, 0.6) is 5.75 Å². The van der Waals surface area contributed by atoms with Gasteiger partial charge in [0.1, 0.15) is 17.9 Å². The monoisotopic (exact) mass is 420 g/mol. The van der Waals surface area contributed by atoms with Crippen molar-refractivity contribution >= 4 is 28.5 Å². The normalized spacial score (nSPS) is 10.6. The van der Waals surface area contributed by atoms with Gasteiger partial charge in [-0.15, -0.1) is 0 Å². The minimum absolute atomic E-state index is 0.0456. The van der Waals surface area contributed by atoms with Crippen molar-refractivity contribution < 1.29 is 18.7 Å². The molecular formula is C24H24N2O5. The molecule has 0 atom stereocenters. The van der Waals surface area contributed by atoms with Crippen LogP contribution in [0.2, 0.25) is 0 Å². The molecule has 3 N–H and O–H groups in total. The number of benzene rings is 2. The van der Waals surface area contributed by atoms with Gasteiger partial charge in [-0.05, 0) is 55.7 Å². The Labute approximate surface area is 179 Å². The zero-order valence-electron chi connectivity index (χ0n) is 17.5. The molecule has 0 saturated carbocycles. The summed E-state index contributed by atoms with van der Waals surface area (Å²) in [5, 5.41) is 3.45. The minimum atomic E-state index is -0.631. The van der Waals surface area contributed by atoms with E-state index in [1.54, 1.807) is 30.3 Å². The van der Waals surface area contributed by atoms with E-state index in [2.05, 4.69) is 11.9 Å². The number of carbonyl (C=O) groups is 2. The van der Waals surface area contributed by atoms with Crippen LogP contribution in [-0.2, 0) is 11.2 Å². The molecule has 0 aliphatic carbocycles. The number of primary amides is 1. The first-order chi connectivity index (χ1) is 14.8. The SMILES string of the molecule is C=C(C)COc1ccc2c(C)c(CCC(=O)Nc3ccccc3C(N)=O)c(=O)oc2c1. The van der Waals surface area contributed by atoms with E-state index in [1.165, 1.54) is 6.07 Å². The number of aryl methyl sites for hydroxylation is 1. The van der Waals surface area contributed by atoms with Crippen molar-refractivity contribution in [3.63, 3.8) is 0 Å². The molecule has 2 amide bonds. The minimum Gasteiger partial charge on any atom is -0.489 e. The number of hydrogen-bond acceptors (Lipinski definition) is 5. The molecule has 0 bridgehead atoms. The first kappa shape index (κ1) is 21.8. The maximum atomic E-state index is 12.5. The molecule has 1 heterocycles. The van der Waals surface area contributed by atoms with Crippen molar-refractivity contribution in [1.29, 1.82) is 0 Å². The summed E-state index contributed by atoms with van der Waals surface area (Å²) in [5.74, 6) is -0.386. The zero-order valence-corrected chi connectivity index (χ0v) is 17.5. The van der Waals surface area contributed by atoms with Crippen LogP contribution in [0.4, 0.5) is 5.69 Å². The number of anilines is 1. The van der Waals surface area contributed by atoms with Gasteiger partial charge in [0.15, 0.2) is 0 Å². The van der Waals surface area contributed by atoms with Gasteiger partial charge in [0.2, 0.25) is 5.91 Å². The fraction of sp³-hybridized carbons (Fsp3) is 0.208. The summed E-state index contributed by atoms with van der Waals surface area (Å²) in [4.78, 5) is 36.4. The number of rotatable bonds is 8. The van der Waals surface area contributed by atoms with E-state index in [9.17, 15) is 14.4 Å². The first-order valence-corrected chi connectivity index (χ1v) is 9.78. The Bertz CT molecular complexity index is 1230. The van der Waals surface area contributed by atoms with Crippen LogP contribution in [0.15, 0.2) is 63.8 Å². The van der Waals surface area contributed by atoms with Gasteiger partial charge in [0, 0.05) is 23.4 Å². The Morgan fingerprint density at radius 2 is 1.94 bits per heavy atom. The predicted octanol–water partition coefficient (Wildman–Crippen LogP) is 3.73. The molecule has 3 aromatic rings. The number of para-hydroxylation sites is 1. The van der Waals surface area contributed by atoms with Crippen LogP contribution in [-0.4, -0.2) is 18.4 Å². The third-order valence-electron chi connectivity index (χ3n) is 4.81. The molecule has 0 fully saturated rings. The summed E-state index contributed by atoms with van der Waals surface area (Å²) in [5.41, 5.74) is 7.89. The largest absolute Gasteiger partial charge is 0.489 e. The van der Waals surface area contributed by atoms with Crippen LogP contribution in [0.3, 0.4) is 0 Å². The molecule has 31 heavy (non-hydrogen) atoms. The Morgan fingerprint density at radius 3 is 2.65 bits per heavy atom. The molecule has 160 valence electrons. The number of nitrogens with two attached hydrogens (primary N) is 1. The second-order valence-corrected chi connectivity index (χ2v) is 7.35. The molecule has 2 aromatic carbocycles. The van der Waals surface area contributed by atoms with Crippen LogP contribution in [0.1, 0.15) is 34.8 Å². The fourth-order valence-electron chi connectivity index (χ4n) is 3.22. The third-order valence-corrected chi connectivity index (χ3v) is 4.81. The number of hydrogen-bond donors (Lipinski definition) is 2. The summed E-state index contributed by atoms with van der Waals surface area (Å²) in [6.45, 7) is 7.85. The first-order valence-electron chi connectivity index (χ1n) is 9.78. The van der Waals surface area contributed by atoms with Gasteiger partial charge in [-0.25, -0.2) is 4.79 Å². The molecule has 7 heteroatoms. The third kappa shape index (κ3) is 5.19. The van der Waals surface area contributed by atoms with Crippen molar-refractivity contribution in [2.45, 2.75) is 26.7 Å². The van der Waals surface area contributed by atoms with Gasteiger partial charge in [-0.3, -0.25) is 9.59 Å². The van der Waals surface area contributed by atoms with Gasteiger partial charge in [-0.1, -0.05) is 18.7 Å². The highest BCUT2D eigenvalue weighted by Gasteiger charge is 2.15. The van der Waals surface area contributed by atoms with E-state index in [4.69, 9.17) is 14.9 Å². The lowest BCUT2D eigenvalue weighted by atomic mass is 10.0. The molecule has 0 unspecified atom stereocenters. The van der Waals surface area contributed by atoms with E-state index in [1.807, 2.05) is 19.9 Å². The fourth-order valence-corrected chi connectivity index (χ4v) is 3.22. The van der Waals surface area contributed by atoms with E-state index in [-0.39, 0.29) is 24.3 Å². The number of carbonyl (C=O) groups excluding carboxylic acids is 2. The van der Waals surface area contributed by atoms with Crippen LogP contribution in [0.25, 0.3) is 11.0 Å². The second kappa shape index (κ2) is 9.30. The lowest BCUT2D eigenvalue weighted by Gasteiger charge is -2.11. The van der Waals surface area contributed by atoms with Crippen LogP contribution < -0.4 is 21.4 Å². The van der Waals surface area contributed by atoms with Crippen molar-refractivity contribution in [3.8, 4) is 5.75 Å². The Morgan fingerprint density at radius 1 is 1.19 bits per heavy atom. The van der Waals surface area contributed by atoms with E-state index >= 15 is 0 Å². The van der Waals surface area contributed by atoms with Gasteiger partial charge >= 0.3 is 5.63 Å². The number of amides is 2. The van der Waals surface area contributed by atoms with Crippen molar-refractivity contribution in [1.82, 2.24) is 0 Å². The number of nitrogens with one attached hydrogen (secondary N) is 1. The average molecular weight is 420 g/mol. The molecule has 0 aliphatic heterocycles. The van der Waals surface area contributed by atoms with E-state index in [0.29, 0.717) is 29.2 Å². The molecular weight excluding hydrogens is 396 g/mol. The zero-order chi connectivity index (χ0) is 22.5. The lowest BCUT2D eigenvalue weighted by molar-refractivity contribution is -0.116. The smallest absolute Gasteiger partial charge is 0.339 e. The number of fused-ring (bicyclic) bond motifs is 1. The van der Waals surface area contributed by atoms with E-state index < -0.39 is 11.5 Å². The quantitative estimate of drug-likeness (QED) is 0.426. The highest BCUT2D eigenvalue weighted by Crippen LogP contribution is 2.25. The highest BCUT2D eigenvalue weighted by molar-refractivity contribution is 6.03. The maximum absolute atomic E-state index is 12.5. The summed E-state index contributed by atoms with van der Waals surface area (Å²) in [6, 6.07) is 11.8. The standard InChI is InChI=1S/C24H24N2O5/c1-14(2)13-30-16-8-9-17-15(3)18(24(29)31-21(17)12-16)10-11-22(27)26-20-7-5-4-6-19(20)23(25)28/h4-9,12H,1,10-11,13H2,2-3H3,(H2,25,28)(H,26,27). The van der Waals surface area contributed by atoms with Gasteiger partial charge in [-0.2, -0.15) is 0 Å². The van der Waals surface area contributed by atoms with Gasteiger partial charge in [0.25, 0.3) is 5.91 Å². The predicted molar refractivity (Wildman–Crippen MR) is 119 cm³/mol. The molecule has 0 radical (unpaired) electrons. The molecule has 3 rings (SSSR count). The van der Waals surface area contributed by atoms with Crippen molar-refractivity contribution in [2.24, 2.45) is 5.73 Å². The molecule has 0 saturated heterocycles. The van der Waals surface area contributed by atoms with Gasteiger partial charge < -0.3 is 20.2 Å². The molecule has 0 aliphatic rings. The van der Waals surface area contributed by atoms with Crippen molar-refractivity contribution in [3.05, 3.63) is 81.7 Å². The molecule has 7 nitrogen and oxygen atoms in total. The summed E-state index contributed by atoms with van der Waals surface area (Å²) in [6.07, 6.45) is 0.243. The molecule has 1 aromatic heterocycles. The summed E-state index contributed by atoms with van der Waals surface area (Å²) < 4.78 is 11.1. The highest BCUT2D eigenvalue weighted by atomic mass is 16.5. The molecule has 0 spiro atoms. The second-order valence-electron chi connectivity index (χ2n) is 7.35. The summed E-state index contributed by atoms with van der Waals surface area (Å²) in [7, 11) is 0. The Hall–Kier alpha value is -3.87. The maximum Gasteiger partial charge on any atom is 0.339 e.